The normalized spacial score (nSPS) is 21.5. The van der Waals surface area contributed by atoms with Crippen molar-refractivity contribution >= 4 is 22.9 Å². The highest BCUT2D eigenvalue weighted by Gasteiger charge is 2.44. The summed E-state index contributed by atoms with van der Waals surface area (Å²) in [4.78, 5) is 4.53. The maximum absolute atomic E-state index is 5.62. The summed E-state index contributed by atoms with van der Waals surface area (Å²) in [5.41, 5.74) is 7.74. The number of aromatic nitrogens is 1. The molecule has 0 amide bonds. The van der Waals surface area contributed by atoms with Gasteiger partial charge in [0.15, 0.2) is 0 Å². The van der Waals surface area contributed by atoms with E-state index in [1.165, 1.54) is 6.42 Å². The van der Waals surface area contributed by atoms with E-state index in [1.807, 2.05) is 12.1 Å². The van der Waals surface area contributed by atoms with Gasteiger partial charge < -0.3 is 11.1 Å². The van der Waals surface area contributed by atoms with Crippen LogP contribution in [0.5, 0.6) is 0 Å². The second-order valence-electron chi connectivity index (χ2n) is 5.03. The van der Waals surface area contributed by atoms with Gasteiger partial charge in [0.05, 0.1) is 5.69 Å². The highest BCUT2D eigenvalue weighted by atomic mass is 32.1. The number of nitrogens with two attached hydrogens (primary N) is 1. The molecule has 1 aromatic heterocycles. The van der Waals surface area contributed by atoms with Crippen molar-refractivity contribution in [1.82, 2.24) is 4.98 Å². The third kappa shape index (κ3) is 2.32. The molecule has 0 bridgehead atoms. The van der Waals surface area contributed by atoms with Crippen LogP contribution in [0, 0.1) is 11.3 Å². The molecule has 16 heavy (non-hydrogen) atoms. The van der Waals surface area contributed by atoms with E-state index in [-0.39, 0.29) is 0 Å². The Balaban J connectivity index is 2.02. The van der Waals surface area contributed by atoms with Crippen LogP contribution >= 0.6 is 12.2 Å². The zero-order chi connectivity index (χ0) is 11.8. The number of thiocarbonyl (C=S) groups is 1. The van der Waals surface area contributed by atoms with Crippen LogP contribution in [-0.2, 0) is 0 Å². The molecule has 0 radical (unpaired) electrons. The molecule has 1 aliphatic carbocycles. The van der Waals surface area contributed by atoms with Gasteiger partial charge in [0, 0.05) is 12.7 Å². The van der Waals surface area contributed by atoms with Crippen LogP contribution in [-0.4, -0.2) is 16.5 Å². The average Bonchev–Trinajstić information content (AvgIpc) is 2.84. The van der Waals surface area contributed by atoms with Crippen LogP contribution in [0.15, 0.2) is 18.3 Å². The third-order valence-electron chi connectivity index (χ3n) is 3.30. The second-order valence-corrected chi connectivity index (χ2v) is 5.47. The van der Waals surface area contributed by atoms with E-state index in [2.05, 4.69) is 24.1 Å². The summed E-state index contributed by atoms with van der Waals surface area (Å²) in [5.74, 6) is 0.743. The lowest BCUT2D eigenvalue weighted by Gasteiger charge is -2.10. The molecule has 0 saturated heterocycles. The topological polar surface area (TPSA) is 50.9 Å². The molecular formula is C12H17N3S. The van der Waals surface area contributed by atoms with Crippen LogP contribution in [0.4, 0.5) is 5.69 Å². The van der Waals surface area contributed by atoms with Crippen molar-refractivity contribution in [1.29, 1.82) is 0 Å². The van der Waals surface area contributed by atoms with Crippen LogP contribution in [0.25, 0.3) is 0 Å². The van der Waals surface area contributed by atoms with Gasteiger partial charge in [-0.2, -0.15) is 0 Å². The summed E-state index contributed by atoms with van der Waals surface area (Å²) in [7, 11) is 0. The first-order valence-electron chi connectivity index (χ1n) is 5.49. The lowest BCUT2D eigenvalue weighted by Crippen LogP contribution is -2.16. The molecule has 0 aliphatic heterocycles. The van der Waals surface area contributed by atoms with Gasteiger partial charge in [-0.25, -0.2) is 0 Å². The summed E-state index contributed by atoms with van der Waals surface area (Å²) in [6.45, 7) is 5.54. The monoisotopic (exact) mass is 235 g/mol. The summed E-state index contributed by atoms with van der Waals surface area (Å²) in [5, 5.41) is 3.38. The molecular weight excluding hydrogens is 218 g/mol. The van der Waals surface area contributed by atoms with Crippen molar-refractivity contribution < 1.29 is 0 Å². The van der Waals surface area contributed by atoms with Gasteiger partial charge in [-0.15, -0.1) is 0 Å². The van der Waals surface area contributed by atoms with Gasteiger partial charge in [-0.3, -0.25) is 4.98 Å². The van der Waals surface area contributed by atoms with E-state index >= 15 is 0 Å². The number of hydrogen-bond acceptors (Lipinski definition) is 3. The maximum Gasteiger partial charge on any atom is 0.124 e. The Morgan fingerprint density at radius 1 is 1.69 bits per heavy atom. The number of rotatable bonds is 4. The van der Waals surface area contributed by atoms with Crippen molar-refractivity contribution in [3.8, 4) is 0 Å². The van der Waals surface area contributed by atoms with Gasteiger partial charge >= 0.3 is 0 Å². The minimum Gasteiger partial charge on any atom is -0.388 e. The fraction of sp³-hybridized carbons (Fsp3) is 0.500. The van der Waals surface area contributed by atoms with Crippen molar-refractivity contribution in [3.63, 3.8) is 0 Å². The van der Waals surface area contributed by atoms with Crippen LogP contribution in [0.2, 0.25) is 0 Å². The van der Waals surface area contributed by atoms with Crippen LogP contribution < -0.4 is 11.1 Å². The largest absolute Gasteiger partial charge is 0.388 e. The van der Waals surface area contributed by atoms with Crippen molar-refractivity contribution in [2.75, 3.05) is 11.9 Å². The predicted molar refractivity (Wildman–Crippen MR) is 70.5 cm³/mol. The van der Waals surface area contributed by atoms with Crippen molar-refractivity contribution in [2.24, 2.45) is 17.1 Å². The minimum absolute atomic E-state index is 0.346. The quantitative estimate of drug-likeness (QED) is 0.785. The van der Waals surface area contributed by atoms with Crippen molar-refractivity contribution in [2.45, 2.75) is 20.3 Å². The molecule has 1 aliphatic rings. The highest BCUT2D eigenvalue weighted by Crippen LogP contribution is 2.51. The fourth-order valence-corrected chi connectivity index (χ4v) is 2.06. The number of anilines is 1. The minimum atomic E-state index is 0.346. The number of hydrogen-bond donors (Lipinski definition) is 2. The number of pyridine rings is 1. The lowest BCUT2D eigenvalue weighted by molar-refractivity contribution is 0.573. The molecule has 1 unspecified atom stereocenters. The van der Waals surface area contributed by atoms with E-state index in [4.69, 9.17) is 18.0 Å². The molecule has 1 aromatic rings. The zero-order valence-corrected chi connectivity index (χ0v) is 10.5. The molecule has 3 nitrogen and oxygen atoms in total. The highest BCUT2D eigenvalue weighted by molar-refractivity contribution is 7.80. The molecule has 1 heterocycles. The summed E-state index contributed by atoms with van der Waals surface area (Å²) in [6.07, 6.45) is 2.99. The third-order valence-corrected chi connectivity index (χ3v) is 3.49. The lowest BCUT2D eigenvalue weighted by atomic mass is 10.1. The molecule has 4 heteroatoms. The second kappa shape index (κ2) is 4.01. The molecule has 2 rings (SSSR count). The standard InChI is InChI=1S/C12H17N3S/c1-12(2)6-8(12)7-15-9-4-3-5-14-10(9)11(13)16/h3-5,8,15H,6-7H2,1-2H3,(H2,13,16). The molecule has 1 atom stereocenters. The van der Waals surface area contributed by atoms with Crippen LogP contribution in [0.3, 0.4) is 0 Å². The molecule has 1 saturated carbocycles. The van der Waals surface area contributed by atoms with E-state index in [9.17, 15) is 0 Å². The SMILES string of the molecule is CC1(C)CC1CNc1cccnc1C(N)=S. The Kier molecular flexibility index (Phi) is 2.84. The fourth-order valence-electron chi connectivity index (χ4n) is 1.90. The molecule has 86 valence electrons. The molecule has 1 fully saturated rings. The first-order valence-corrected chi connectivity index (χ1v) is 5.90. The summed E-state index contributed by atoms with van der Waals surface area (Å²) in [6, 6.07) is 3.86. The van der Waals surface area contributed by atoms with E-state index in [1.54, 1.807) is 6.20 Å². The first-order chi connectivity index (χ1) is 7.50. The smallest absolute Gasteiger partial charge is 0.124 e. The molecule has 0 spiro atoms. The van der Waals surface area contributed by atoms with Gasteiger partial charge in [-0.1, -0.05) is 26.1 Å². The van der Waals surface area contributed by atoms with E-state index < -0.39 is 0 Å². The Morgan fingerprint density at radius 2 is 2.38 bits per heavy atom. The summed E-state index contributed by atoms with van der Waals surface area (Å²) < 4.78 is 0. The summed E-state index contributed by atoms with van der Waals surface area (Å²) >= 11 is 4.97. The first kappa shape index (κ1) is 11.3. The zero-order valence-electron chi connectivity index (χ0n) is 9.66. The van der Waals surface area contributed by atoms with Gasteiger partial charge in [0.25, 0.3) is 0 Å². The number of nitrogens with zero attached hydrogens (tertiary/aromatic N) is 1. The van der Waals surface area contributed by atoms with Gasteiger partial charge in [0.1, 0.15) is 10.7 Å². The van der Waals surface area contributed by atoms with Crippen LogP contribution in [0.1, 0.15) is 26.0 Å². The maximum atomic E-state index is 5.62. The Hall–Kier alpha value is -1.16. The number of nitrogens with one attached hydrogen (secondary N) is 1. The molecule has 3 N–H and O–H groups in total. The Morgan fingerprint density at radius 3 is 2.94 bits per heavy atom. The van der Waals surface area contributed by atoms with E-state index in [0.29, 0.717) is 16.1 Å². The van der Waals surface area contributed by atoms with Crippen molar-refractivity contribution in [3.05, 3.63) is 24.0 Å². The van der Waals surface area contributed by atoms with E-state index in [0.717, 1.165) is 18.2 Å². The predicted octanol–water partition coefficient (Wildman–Crippen LogP) is 2.17. The molecule has 0 aromatic carbocycles. The van der Waals surface area contributed by atoms with Gasteiger partial charge in [0.2, 0.25) is 0 Å². The average molecular weight is 235 g/mol. The Bertz CT molecular complexity index is 414. The van der Waals surface area contributed by atoms with Gasteiger partial charge in [-0.05, 0) is 29.9 Å². The Labute approximate surface area is 101 Å².